The second-order valence-corrected chi connectivity index (χ2v) is 4.63. The number of hydrogen-bond acceptors (Lipinski definition) is 5. The van der Waals surface area contributed by atoms with E-state index in [1.165, 1.54) is 28.2 Å². The molecular weight excluding hydrogens is 220 g/mol. The highest BCUT2D eigenvalue weighted by Gasteiger charge is 2.06. The van der Waals surface area contributed by atoms with Gasteiger partial charge in [-0.1, -0.05) is 27.8 Å². The lowest BCUT2D eigenvalue weighted by molar-refractivity contribution is 0.872. The maximum atomic E-state index is 3.94. The van der Waals surface area contributed by atoms with Gasteiger partial charge in [0.2, 0.25) is 5.13 Å². The third kappa shape index (κ3) is 2.36. The minimum Gasteiger partial charge on any atom is -0.344 e. The highest BCUT2D eigenvalue weighted by atomic mass is 32.1. The second kappa shape index (κ2) is 4.57. The summed E-state index contributed by atoms with van der Waals surface area (Å²) in [6.45, 7) is 5.08. The summed E-state index contributed by atoms with van der Waals surface area (Å²) in [6, 6.07) is 6.50. The Morgan fingerprint density at radius 3 is 2.69 bits per heavy atom. The fraction of sp³-hybridized carbons (Fsp3) is 0.364. The van der Waals surface area contributed by atoms with Gasteiger partial charge in [0, 0.05) is 25.1 Å². The molecule has 0 aliphatic heterocycles. The van der Waals surface area contributed by atoms with Crippen molar-refractivity contribution in [1.82, 2.24) is 14.8 Å². The first-order valence-electron chi connectivity index (χ1n) is 5.09. The molecule has 0 N–H and O–H groups in total. The van der Waals surface area contributed by atoms with Gasteiger partial charge in [-0.05, 0) is 35.8 Å². The number of aryl methyl sites for hydroxylation is 2. The number of anilines is 1. The van der Waals surface area contributed by atoms with Crippen LogP contribution in [0, 0.1) is 13.8 Å². The van der Waals surface area contributed by atoms with Crippen molar-refractivity contribution in [2.45, 2.75) is 20.4 Å². The van der Waals surface area contributed by atoms with Gasteiger partial charge in [-0.15, -0.1) is 0 Å². The third-order valence-electron chi connectivity index (χ3n) is 2.61. The fourth-order valence-electron chi connectivity index (χ4n) is 1.52. The number of hydrogen-bond donors (Lipinski definition) is 0. The quantitative estimate of drug-likeness (QED) is 0.816. The van der Waals surface area contributed by atoms with Crippen LogP contribution in [0.1, 0.15) is 16.7 Å². The van der Waals surface area contributed by atoms with Gasteiger partial charge in [0.1, 0.15) is 0 Å². The average Bonchev–Trinajstić information content (AvgIpc) is 2.77. The van der Waals surface area contributed by atoms with E-state index in [2.05, 4.69) is 51.7 Å². The molecule has 0 saturated carbocycles. The van der Waals surface area contributed by atoms with E-state index in [4.69, 9.17) is 0 Å². The zero-order valence-corrected chi connectivity index (χ0v) is 10.5. The zero-order valence-electron chi connectivity index (χ0n) is 9.64. The third-order valence-corrected chi connectivity index (χ3v) is 3.32. The number of rotatable bonds is 3. The van der Waals surface area contributed by atoms with E-state index in [0.717, 1.165) is 11.7 Å². The smallest absolute Gasteiger partial charge is 0.227 e. The van der Waals surface area contributed by atoms with E-state index >= 15 is 0 Å². The van der Waals surface area contributed by atoms with Crippen LogP contribution in [0.15, 0.2) is 18.2 Å². The molecule has 2 rings (SSSR count). The Labute approximate surface area is 99.1 Å². The summed E-state index contributed by atoms with van der Waals surface area (Å²) in [7, 11) is 2.00. The molecule has 0 spiro atoms. The SMILES string of the molecule is Cc1ccc(CN(C)c2nnns2)cc1C. The van der Waals surface area contributed by atoms with Crippen LogP contribution in [0.3, 0.4) is 0 Å². The van der Waals surface area contributed by atoms with Crippen LogP contribution < -0.4 is 4.90 Å². The van der Waals surface area contributed by atoms with Gasteiger partial charge in [-0.3, -0.25) is 0 Å². The van der Waals surface area contributed by atoms with Crippen molar-refractivity contribution in [1.29, 1.82) is 0 Å². The first-order chi connectivity index (χ1) is 7.66. The second-order valence-electron chi connectivity index (χ2n) is 3.92. The maximum Gasteiger partial charge on any atom is 0.227 e. The first kappa shape index (κ1) is 11.0. The molecule has 2 aromatic rings. The topological polar surface area (TPSA) is 41.9 Å². The normalized spacial score (nSPS) is 10.4. The molecule has 4 nitrogen and oxygen atoms in total. The van der Waals surface area contributed by atoms with Crippen LogP contribution in [0.5, 0.6) is 0 Å². The predicted molar refractivity (Wildman–Crippen MR) is 65.7 cm³/mol. The lowest BCUT2D eigenvalue weighted by atomic mass is 10.1. The zero-order chi connectivity index (χ0) is 11.5. The molecule has 84 valence electrons. The van der Waals surface area contributed by atoms with Crippen LogP contribution in [0.25, 0.3) is 0 Å². The van der Waals surface area contributed by atoms with E-state index < -0.39 is 0 Å². The van der Waals surface area contributed by atoms with Crippen LogP contribution >= 0.6 is 11.5 Å². The number of benzene rings is 1. The fourth-order valence-corrected chi connectivity index (χ4v) is 1.94. The van der Waals surface area contributed by atoms with E-state index in [-0.39, 0.29) is 0 Å². The molecule has 0 atom stereocenters. The van der Waals surface area contributed by atoms with Crippen LogP contribution in [0.4, 0.5) is 5.13 Å². The van der Waals surface area contributed by atoms with Gasteiger partial charge in [-0.2, -0.15) is 0 Å². The Hall–Kier alpha value is -1.49. The molecule has 16 heavy (non-hydrogen) atoms. The molecule has 0 fully saturated rings. The molecule has 0 unspecified atom stereocenters. The van der Waals surface area contributed by atoms with Gasteiger partial charge in [0.25, 0.3) is 0 Å². The number of nitrogens with zero attached hydrogens (tertiary/aromatic N) is 4. The van der Waals surface area contributed by atoms with Crippen molar-refractivity contribution < 1.29 is 0 Å². The van der Waals surface area contributed by atoms with Crippen LogP contribution in [0.2, 0.25) is 0 Å². The molecule has 1 aromatic carbocycles. The van der Waals surface area contributed by atoms with E-state index in [9.17, 15) is 0 Å². The summed E-state index contributed by atoms with van der Waals surface area (Å²) >= 11 is 1.31. The minimum atomic E-state index is 0.831. The summed E-state index contributed by atoms with van der Waals surface area (Å²) in [5.41, 5.74) is 3.92. The van der Waals surface area contributed by atoms with E-state index in [1.807, 2.05) is 7.05 Å². The molecule has 5 heteroatoms. The van der Waals surface area contributed by atoms with Crippen molar-refractivity contribution >= 4 is 16.7 Å². The largest absolute Gasteiger partial charge is 0.344 e. The Kier molecular flexibility index (Phi) is 3.14. The highest BCUT2D eigenvalue weighted by Crippen LogP contribution is 2.16. The summed E-state index contributed by atoms with van der Waals surface area (Å²) in [4.78, 5) is 2.05. The molecular formula is C11H14N4S. The predicted octanol–water partition coefficient (Wildman–Crippen LogP) is 2.19. The summed E-state index contributed by atoms with van der Waals surface area (Å²) < 4.78 is 3.76. The van der Waals surface area contributed by atoms with Crippen molar-refractivity contribution in [2.75, 3.05) is 11.9 Å². The lowest BCUT2D eigenvalue weighted by Crippen LogP contribution is -2.16. The minimum absolute atomic E-state index is 0.831. The Balaban J connectivity index is 2.12. The van der Waals surface area contributed by atoms with Gasteiger partial charge in [0.05, 0.1) is 0 Å². The Morgan fingerprint density at radius 2 is 2.06 bits per heavy atom. The molecule has 0 aliphatic carbocycles. The maximum absolute atomic E-state index is 3.94. The molecule has 1 aromatic heterocycles. The van der Waals surface area contributed by atoms with Crippen LogP contribution in [-0.2, 0) is 6.54 Å². The first-order valence-corrected chi connectivity index (χ1v) is 5.86. The van der Waals surface area contributed by atoms with Gasteiger partial charge in [-0.25, -0.2) is 0 Å². The number of aromatic nitrogens is 3. The molecule has 0 aliphatic rings. The van der Waals surface area contributed by atoms with Gasteiger partial charge >= 0.3 is 0 Å². The monoisotopic (exact) mass is 234 g/mol. The van der Waals surface area contributed by atoms with Crippen molar-refractivity contribution in [3.8, 4) is 0 Å². The van der Waals surface area contributed by atoms with Crippen LogP contribution in [-0.4, -0.2) is 21.8 Å². The average molecular weight is 234 g/mol. The van der Waals surface area contributed by atoms with Gasteiger partial charge < -0.3 is 4.90 Å². The van der Waals surface area contributed by atoms with Crippen molar-refractivity contribution in [3.63, 3.8) is 0 Å². The standard InChI is InChI=1S/C11H14N4S/c1-8-4-5-10(6-9(8)2)7-15(3)11-12-13-14-16-11/h4-6H,7H2,1-3H3. The molecule has 0 amide bonds. The lowest BCUT2D eigenvalue weighted by Gasteiger charge is -2.15. The summed E-state index contributed by atoms with van der Waals surface area (Å²) in [5, 5.41) is 8.37. The van der Waals surface area contributed by atoms with Crippen molar-refractivity contribution in [2.24, 2.45) is 0 Å². The van der Waals surface area contributed by atoms with Crippen molar-refractivity contribution in [3.05, 3.63) is 34.9 Å². The molecule has 0 radical (unpaired) electrons. The summed E-state index contributed by atoms with van der Waals surface area (Å²) in [6.07, 6.45) is 0. The Bertz CT molecular complexity index is 467. The highest BCUT2D eigenvalue weighted by molar-refractivity contribution is 7.09. The molecule has 0 saturated heterocycles. The Morgan fingerprint density at radius 1 is 1.25 bits per heavy atom. The molecule has 0 bridgehead atoms. The van der Waals surface area contributed by atoms with E-state index in [1.54, 1.807) is 0 Å². The summed E-state index contributed by atoms with van der Waals surface area (Å²) in [5.74, 6) is 0. The molecule has 1 heterocycles. The van der Waals surface area contributed by atoms with E-state index in [0.29, 0.717) is 0 Å². The van der Waals surface area contributed by atoms with Gasteiger partial charge in [0.15, 0.2) is 0 Å².